The number of carbonyl (C=O) groups is 2. The first kappa shape index (κ1) is 21.4. The minimum Gasteiger partial charge on any atom is -0.368 e. The van der Waals surface area contributed by atoms with E-state index in [-0.39, 0.29) is 24.3 Å². The molecule has 0 aromatic carbocycles. The minimum atomic E-state index is -0.300. The van der Waals surface area contributed by atoms with Crippen LogP contribution in [0.25, 0.3) is 5.95 Å². The first-order valence-electron chi connectivity index (χ1n) is 10.9. The summed E-state index contributed by atoms with van der Waals surface area (Å²) in [6.07, 6.45) is 1.72. The lowest BCUT2D eigenvalue weighted by Crippen LogP contribution is -2.53. The van der Waals surface area contributed by atoms with Gasteiger partial charge in [-0.05, 0) is 46.6 Å². The zero-order valence-electron chi connectivity index (χ0n) is 18.7. The summed E-state index contributed by atoms with van der Waals surface area (Å²) < 4.78 is 7.23. The molecule has 0 spiro atoms. The molecule has 31 heavy (non-hydrogen) atoms. The number of nitrogens with zero attached hydrogens (tertiary/aromatic N) is 6. The van der Waals surface area contributed by atoms with E-state index in [1.165, 1.54) is 0 Å². The molecule has 4 rings (SSSR count). The molecule has 4 heterocycles. The molecule has 2 saturated heterocycles. The number of rotatable bonds is 4. The number of aryl methyl sites for hydroxylation is 3. The van der Waals surface area contributed by atoms with Crippen LogP contribution in [0.4, 0.5) is 0 Å². The van der Waals surface area contributed by atoms with E-state index >= 15 is 0 Å². The summed E-state index contributed by atoms with van der Waals surface area (Å²) in [6, 6.07) is 1.92. The van der Waals surface area contributed by atoms with Gasteiger partial charge in [-0.25, -0.2) is 14.6 Å². The van der Waals surface area contributed by atoms with Gasteiger partial charge >= 0.3 is 0 Å². The fourth-order valence-electron chi connectivity index (χ4n) is 4.34. The predicted molar refractivity (Wildman–Crippen MR) is 114 cm³/mol. The van der Waals surface area contributed by atoms with Gasteiger partial charge in [-0.15, -0.1) is 0 Å². The number of amides is 2. The normalized spacial score (nSPS) is 19.2. The van der Waals surface area contributed by atoms with Crippen LogP contribution < -0.4 is 0 Å². The molecule has 0 radical (unpaired) electrons. The maximum Gasteiger partial charge on any atom is 0.251 e. The average Bonchev–Trinajstić information content (AvgIpc) is 3.37. The fourth-order valence-corrected chi connectivity index (χ4v) is 4.34. The summed E-state index contributed by atoms with van der Waals surface area (Å²) in [6.45, 7) is 10.6. The van der Waals surface area contributed by atoms with Crippen LogP contribution in [0, 0.1) is 27.7 Å². The Morgan fingerprint density at radius 2 is 1.68 bits per heavy atom. The standard InChI is InChI=1S/C22H30N6O3/c1-14-12-15(2)24-22(23-14)28-17(4)18(16(3)25-28)13-20(29)26-7-9-27(10-8-26)21(30)19-6-5-11-31-19/h12,19H,5-11,13H2,1-4H3. The summed E-state index contributed by atoms with van der Waals surface area (Å²) in [7, 11) is 0. The molecule has 0 N–H and O–H groups in total. The van der Waals surface area contributed by atoms with Crippen molar-refractivity contribution in [2.45, 2.75) is 53.1 Å². The molecule has 2 aromatic rings. The third kappa shape index (κ3) is 4.46. The highest BCUT2D eigenvalue weighted by Gasteiger charge is 2.31. The Labute approximate surface area is 182 Å². The average molecular weight is 427 g/mol. The van der Waals surface area contributed by atoms with Gasteiger partial charge in [-0.2, -0.15) is 5.10 Å². The molecule has 2 aromatic heterocycles. The summed E-state index contributed by atoms with van der Waals surface area (Å²) in [5, 5.41) is 4.59. The van der Waals surface area contributed by atoms with Gasteiger partial charge in [0.15, 0.2) is 0 Å². The highest BCUT2D eigenvalue weighted by molar-refractivity contribution is 5.82. The molecule has 2 aliphatic heterocycles. The van der Waals surface area contributed by atoms with Crippen molar-refractivity contribution < 1.29 is 14.3 Å². The van der Waals surface area contributed by atoms with Gasteiger partial charge in [0.25, 0.3) is 11.9 Å². The molecule has 9 nitrogen and oxygen atoms in total. The molecule has 2 fully saturated rings. The van der Waals surface area contributed by atoms with Crippen molar-refractivity contribution >= 4 is 11.8 Å². The van der Waals surface area contributed by atoms with Crippen LogP contribution in [-0.4, -0.2) is 80.3 Å². The maximum absolute atomic E-state index is 13.0. The lowest BCUT2D eigenvalue weighted by Gasteiger charge is -2.35. The van der Waals surface area contributed by atoms with E-state index in [9.17, 15) is 9.59 Å². The number of piperazine rings is 1. The molecule has 1 atom stereocenters. The van der Waals surface area contributed by atoms with Gasteiger partial charge in [0.05, 0.1) is 12.1 Å². The number of aromatic nitrogens is 4. The molecule has 9 heteroatoms. The molecule has 0 bridgehead atoms. The first-order valence-corrected chi connectivity index (χ1v) is 10.9. The summed E-state index contributed by atoms with van der Waals surface area (Å²) >= 11 is 0. The minimum absolute atomic E-state index is 0.0521. The second kappa shape index (κ2) is 8.74. The van der Waals surface area contributed by atoms with Crippen molar-refractivity contribution in [3.63, 3.8) is 0 Å². The quantitative estimate of drug-likeness (QED) is 0.731. The van der Waals surface area contributed by atoms with Crippen LogP contribution in [0.15, 0.2) is 6.07 Å². The number of ether oxygens (including phenoxy) is 1. The Balaban J connectivity index is 1.41. The van der Waals surface area contributed by atoms with Gasteiger partial charge in [0, 0.05) is 55.4 Å². The van der Waals surface area contributed by atoms with Gasteiger partial charge in [0.2, 0.25) is 5.91 Å². The van der Waals surface area contributed by atoms with Crippen LogP contribution in [0.3, 0.4) is 0 Å². The van der Waals surface area contributed by atoms with Crippen molar-refractivity contribution in [1.82, 2.24) is 29.5 Å². The Kier molecular flexibility index (Phi) is 6.04. The molecular weight excluding hydrogens is 396 g/mol. The van der Waals surface area contributed by atoms with Crippen LogP contribution in [0.2, 0.25) is 0 Å². The SMILES string of the molecule is Cc1cc(C)nc(-n2nc(C)c(CC(=O)N3CCN(C(=O)C4CCCO4)CC3)c2C)n1. The molecule has 2 aliphatic rings. The van der Waals surface area contributed by atoms with Crippen LogP contribution in [0.5, 0.6) is 0 Å². The Morgan fingerprint density at radius 3 is 2.29 bits per heavy atom. The van der Waals surface area contributed by atoms with Crippen LogP contribution >= 0.6 is 0 Å². The summed E-state index contributed by atoms with van der Waals surface area (Å²) in [5.41, 5.74) is 4.35. The van der Waals surface area contributed by atoms with E-state index < -0.39 is 0 Å². The zero-order chi connectivity index (χ0) is 22.1. The third-order valence-electron chi connectivity index (χ3n) is 6.08. The second-order valence-corrected chi connectivity index (χ2v) is 8.40. The van der Waals surface area contributed by atoms with Crippen molar-refractivity contribution in [3.8, 4) is 5.95 Å². The Bertz CT molecular complexity index is 967. The zero-order valence-corrected chi connectivity index (χ0v) is 18.7. The number of hydrogen-bond donors (Lipinski definition) is 0. The van der Waals surface area contributed by atoms with E-state index in [0.29, 0.717) is 38.7 Å². The van der Waals surface area contributed by atoms with E-state index in [1.54, 1.807) is 4.68 Å². The molecule has 2 amide bonds. The number of carbonyl (C=O) groups excluding carboxylic acids is 2. The van der Waals surface area contributed by atoms with Crippen molar-refractivity contribution in [3.05, 3.63) is 34.4 Å². The largest absolute Gasteiger partial charge is 0.368 e. The predicted octanol–water partition coefficient (Wildman–Crippen LogP) is 1.29. The topological polar surface area (TPSA) is 93.5 Å². The van der Waals surface area contributed by atoms with Crippen molar-refractivity contribution in [2.75, 3.05) is 32.8 Å². The van der Waals surface area contributed by atoms with Crippen LogP contribution in [0.1, 0.15) is 41.2 Å². The summed E-state index contributed by atoms with van der Waals surface area (Å²) in [4.78, 5) is 38.2. The summed E-state index contributed by atoms with van der Waals surface area (Å²) in [5.74, 6) is 0.639. The highest BCUT2D eigenvalue weighted by atomic mass is 16.5. The van der Waals surface area contributed by atoms with E-state index in [2.05, 4.69) is 15.1 Å². The van der Waals surface area contributed by atoms with Crippen molar-refractivity contribution in [2.24, 2.45) is 0 Å². The Morgan fingerprint density at radius 1 is 1.03 bits per heavy atom. The van der Waals surface area contributed by atoms with Crippen molar-refractivity contribution in [1.29, 1.82) is 0 Å². The highest BCUT2D eigenvalue weighted by Crippen LogP contribution is 2.19. The molecular formula is C22H30N6O3. The van der Waals surface area contributed by atoms with Gasteiger partial charge < -0.3 is 14.5 Å². The fraction of sp³-hybridized carbons (Fsp3) is 0.591. The third-order valence-corrected chi connectivity index (χ3v) is 6.08. The van der Waals surface area contributed by atoms with Crippen LogP contribution in [-0.2, 0) is 20.7 Å². The number of hydrogen-bond acceptors (Lipinski definition) is 6. The van der Waals surface area contributed by atoms with Gasteiger partial charge in [-0.3, -0.25) is 9.59 Å². The second-order valence-electron chi connectivity index (χ2n) is 8.40. The maximum atomic E-state index is 13.0. The van der Waals surface area contributed by atoms with Gasteiger partial charge in [-0.1, -0.05) is 0 Å². The van der Waals surface area contributed by atoms with E-state index in [4.69, 9.17) is 4.74 Å². The monoisotopic (exact) mass is 426 g/mol. The smallest absolute Gasteiger partial charge is 0.251 e. The molecule has 166 valence electrons. The lowest BCUT2D eigenvalue weighted by atomic mass is 10.1. The van der Waals surface area contributed by atoms with E-state index in [1.807, 2.05) is 43.6 Å². The Hall–Kier alpha value is -2.81. The molecule has 1 unspecified atom stereocenters. The molecule has 0 aliphatic carbocycles. The molecule has 0 saturated carbocycles. The first-order chi connectivity index (χ1) is 14.8. The van der Waals surface area contributed by atoms with Gasteiger partial charge in [0.1, 0.15) is 6.10 Å². The lowest BCUT2D eigenvalue weighted by molar-refractivity contribution is -0.145. The van der Waals surface area contributed by atoms with E-state index in [0.717, 1.165) is 41.2 Å².